The molecule has 0 aliphatic rings. The van der Waals surface area contributed by atoms with E-state index in [0.29, 0.717) is 6.42 Å². The van der Waals surface area contributed by atoms with Crippen LogP contribution in [-0.2, 0) is 20.7 Å². The summed E-state index contributed by atoms with van der Waals surface area (Å²) < 4.78 is 10.2. The second-order valence-electron chi connectivity index (χ2n) is 5.06. The third kappa shape index (κ3) is 3.93. The molecule has 0 amide bonds. The highest BCUT2D eigenvalue weighted by Crippen LogP contribution is 2.23. The third-order valence-corrected chi connectivity index (χ3v) is 3.60. The van der Waals surface area contributed by atoms with Gasteiger partial charge in [-0.2, -0.15) is 0 Å². The van der Waals surface area contributed by atoms with Crippen molar-refractivity contribution in [1.29, 1.82) is 0 Å². The van der Waals surface area contributed by atoms with Crippen molar-refractivity contribution in [3.05, 3.63) is 60.2 Å². The summed E-state index contributed by atoms with van der Waals surface area (Å²) in [6.45, 7) is 0. The van der Waals surface area contributed by atoms with E-state index in [0.717, 1.165) is 16.7 Å². The Labute approximate surface area is 130 Å². The van der Waals surface area contributed by atoms with Crippen LogP contribution in [-0.4, -0.2) is 31.6 Å². The van der Waals surface area contributed by atoms with Crippen LogP contribution in [0.2, 0.25) is 0 Å². The van der Waals surface area contributed by atoms with Crippen molar-refractivity contribution in [1.82, 2.24) is 0 Å². The number of carbonyl (C=O) groups is 1. The first-order chi connectivity index (χ1) is 10.7. The van der Waals surface area contributed by atoms with Gasteiger partial charge in [0.05, 0.1) is 0 Å². The van der Waals surface area contributed by atoms with Gasteiger partial charge in [0.1, 0.15) is 5.92 Å². The van der Waals surface area contributed by atoms with Crippen molar-refractivity contribution in [3.8, 4) is 11.1 Å². The van der Waals surface area contributed by atoms with Crippen molar-refractivity contribution in [2.75, 3.05) is 14.2 Å². The number of hydrogen-bond donors (Lipinski definition) is 1. The lowest BCUT2D eigenvalue weighted by atomic mass is 9.95. The first-order valence-electron chi connectivity index (χ1n) is 7.08. The molecule has 1 N–H and O–H groups in total. The molecule has 0 fully saturated rings. The van der Waals surface area contributed by atoms with Gasteiger partial charge in [0.2, 0.25) is 0 Å². The van der Waals surface area contributed by atoms with Gasteiger partial charge in [0.15, 0.2) is 6.29 Å². The molecule has 0 radical (unpaired) electrons. The summed E-state index contributed by atoms with van der Waals surface area (Å²) in [6.07, 6.45) is -0.416. The molecule has 0 saturated heterocycles. The predicted octanol–water partition coefficient (Wildman–Crippen LogP) is 3.22. The van der Waals surface area contributed by atoms with Crippen LogP contribution in [0, 0.1) is 5.92 Å². The molecule has 2 aromatic carbocycles. The molecular formula is C18H20O4. The zero-order valence-corrected chi connectivity index (χ0v) is 12.7. The Kier molecular flexibility index (Phi) is 5.69. The van der Waals surface area contributed by atoms with E-state index in [1.807, 2.05) is 54.6 Å². The first kappa shape index (κ1) is 16.2. The average molecular weight is 300 g/mol. The highest BCUT2D eigenvalue weighted by molar-refractivity contribution is 5.71. The van der Waals surface area contributed by atoms with Crippen LogP contribution in [0.1, 0.15) is 5.56 Å². The van der Waals surface area contributed by atoms with Gasteiger partial charge in [0, 0.05) is 14.2 Å². The van der Waals surface area contributed by atoms with Crippen molar-refractivity contribution in [3.63, 3.8) is 0 Å². The lowest BCUT2D eigenvalue weighted by Gasteiger charge is -2.21. The van der Waals surface area contributed by atoms with Gasteiger partial charge in [-0.15, -0.1) is 0 Å². The Bertz CT molecular complexity index is 605. The monoisotopic (exact) mass is 300 g/mol. The minimum atomic E-state index is -0.932. The van der Waals surface area contributed by atoms with Gasteiger partial charge in [-0.1, -0.05) is 54.6 Å². The second kappa shape index (κ2) is 7.73. The van der Waals surface area contributed by atoms with Crippen LogP contribution in [0.3, 0.4) is 0 Å². The maximum Gasteiger partial charge on any atom is 0.312 e. The number of carboxylic acid groups (broad SMARTS) is 1. The van der Waals surface area contributed by atoms with Crippen LogP contribution in [0.15, 0.2) is 54.6 Å². The Balaban J connectivity index is 2.24. The number of aliphatic carboxylic acids is 1. The van der Waals surface area contributed by atoms with E-state index in [9.17, 15) is 9.90 Å². The van der Waals surface area contributed by atoms with Crippen molar-refractivity contribution >= 4 is 5.97 Å². The number of benzene rings is 2. The minimum absolute atomic E-state index is 0.350. The van der Waals surface area contributed by atoms with E-state index in [2.05, 4.69) is 0 Å². The average Bonchev–Trinajstić information content (AvgIpc) is 2.56. The smallest absolute Gasteiger partial charge is 0.312 e. The number of hydrogen-bond acceptors (Lipinski definition) is 3. The van der Waals surface area contributed by atoms with E-state index in [4.69, 9.17) is 9.47 Å². The highest BCUT2D eigenvalue weighted by atomic mass is 16.7. The zero-order valence-electron chi connectivity index (χ0n) is 12.7. The summed E-state index contributed by atoms with van der Waals surface area (Å²) >= 11 is 0. The fourth-order valence-corrected chi connectivity index (χ4v) is 2.49. The minimum Gasteiger partial charge on any atom is -0.481 e. The summed E-state index contributed by atoms with van der Waals surface area (Å²) in [5, 5.41) is 9.39. The van der Waals surface area contributed by atoms with E-state index >= 15 is 0 Å². The lowest BCUT2D eigenvalue weighted by molar-refractivity contribution is -0.171. The van der Waals surface area contributed by atoms with E-state index < -0.39 is 18.2 Å². The number of rotatable bonds is 7. The predicted molar refractivity (Wildman–Crippen MR) is 84.5 cm³/mol. The molecule has 0 aromatic heterocycles. The van der Waals surface area contributed by atoms with E-state index in [-0.39, 0.29) is 0 Å². The molecule has 0 aliphatic heterocycles. The Morgan fingerprint density at radius 1 is 1.00 bits per heavy atom. The topological polar surface area (TPSA) is 55.8 Å². The summed E-state index contributed by atoms with van der Waals surface area (Å²) in [6, 6.07) is 17.9. The summed E-state index contributed by atoms with van der Waals surface area (Å²) in [7, 11) is 2.90. The summed E-state index contributed by atoms with van der Waals surface area (Å²) in [5.74, 6) is -1.68. The van der Waals surface area contributed by atoms with Gasteiger partial charge < -0.3 is 14.6 Å². The fraction of sp³-hybridized carbons (Fsp3) is 0.278. The molecule has 2 aromatic rings. The molecule has 2 rings (SSSR count). The van der Waals surface area contributed by atoms with Crippen LogP contribution in [0.25, 0.3) is 11.1 Å². The summed E-state index contributed by atoms with van der Waals surface area (Å²) in [4.78, 5) is 11.5. The molecule has 1 atom stereocenters. The van der Waals surface area contributed by atoms with Crippen LogP contribution in [0.4, 0.5) is 0 Å². The number of methoxy groups -OCH3 is 2. The van der Waals surface area contributed by atoms with Gasteiger partial charge in [0.25, 0.3) is 0 Å². The molecule has 0 saturated carbocycles. The molecule has 22 heavy (non-hydrogen) atoms. The summed E-state index contributed by atoms with van der Waals surface area (Å²) in [5.41, 5.74) is 3.10. The van der Waals surface area contributed by atoms with E-state index in [1.54, 1.807) is 0 Å². The normalized spacial score (nSPS) is 12.3. The Morgan fingerprint density at radius 2 is 1.64 bits per heavy atom. The maximum absolute atomic E-state index is 11.5. The van der Waals surface area contributed by atoms with Crippen LogP contribution < -0.4 is 0 Å². The van der Waals surface area contributed by atoms with Crippen LogP contribution in [0.5, 0.6) is 0 Å². The van der Waals surface area contributed by atoms with Gasteiger partial charge >= 0.3 is 5.97 Å². The zero-order chi connectivity index (χ0) is 15.9. The molecule has 0 aliphatic carbocycles. The fourth-order valence-electron chi connectivity index (χ4n) is 2.49. The van der Waals surface area contributed by atoms with Gasteiger partial charge in [-0.3, -0.25) is 4.79 Å². The molecule has 4 nitrogen and oxygen atoms in total. The second-order valence-corrected chi connectivity index (χ2v) is 5.06. The lowest BCUT2D eigenvalue weighted by Crippen LogP contribution is -2.33. The number of ether oxygens (including phenoxy) is 2. The molecule has 0 bridgehead atoms. The Hall–Kier alpha value is -2.17. The molecule has 0 heterocycles. The SMILES string of the molecule is COC(OC)C(Cc1cccc(-c2ccccc2)c1)C(=O)O. The highest BCUT2D eigenvalue weighted by Gasteiger charge is 2.28. The molecule has 116 valence electrons. The standard InChI is InChI=1S/C18H20O4/c1-21-18(22-2)16(17(19)20)12-13-7-6-10-15(11-13)14-8-4-3-5-9-14/h3-11,16,18H,12H2,1-2H3,(H,19,20). The van der Waals surface area contributed by atoms with Crippen molar-refractivity contribution in [2.45, 2.75) is 12.7 Å². The maximum atomic E-state index is 11.5. The molecule has 1 unspecified atom stereocenters. The molecule has 4 heteroatoms. The largest absolute Gasteiger partial charge is 0.481 e. The van der Waals surface area contributed by atoms with E-state index in [1.165, 1.54) is 14.2 Å². The van der Waals surface area contributed by atoms with Gasteiger partial charge in [-0.25, -0.2) is 0 Å². The molecular weight excluding hydrogens is 280 g/mol. The van der Waals surface area contributed by atoms with Gasteiger partial charge in [-0.05, 0) is 23.1 Å². The van der Waals surface area contributed by atoms with Crippen molar-refractivity contribution in [2.24, 2.45) is 5.92 Å². The van der Waals surface area contributed by atoms with Crippen LogP contribution >= 0.6 is 0 Å². The molecule has 0 spiro atoms. The third-order valence-electron chi connectivity index (χ3n) is 3.60. The number of carboxylic acids is 1. The van der Waals surface area contributed by atoms with Crippen molar-refractivity contribution < 1.29 is 19.4 Å². The first-order valence-corrected chi connectivity index (χ1v) is 7.08. The Morgan fingerprint density at radius 3 is 2.23 bits per heavy atom. The quantitative estimate of drug-likeness (QED) is 0.798.